The monoisotopic (exact) mass is 348 g/mol. The van der Waals surface area contributed by atoms with Crippen LogP contribution >= 0.6 is 11.3 Å². The van der Waals surface area contributed by atoms with Crippen LogP contribution in [-0.2, 0) is 0 Å². The van der Waals surface area contributed by atoms with E-state index >= 15 is 0 Å². The van der Waals surface area contributed by atoms with Crippen molar-refractivity contribution < 1.29 is 14.8 Å². The van der Waals surface area contributed by atoms with Crippen molar-refractivity contribution in [1.82, 2.24) is 4.90 Å². The van der Waals surface area contributed by atoms with Crippen LogP contribution in [0.15, 0.2) is 41.1 Å². The van der Waals surface area contributed by atoms with Crippen LogP contribution in [0.4, 0.5) is 5.69 Å². The van der Waals surface area contributed by atoms with Gasteiger partial charge in [-0.3, -0.25) is 15.0 Å². The third-order valence-corrected chi connectivity index (χ3v) is 4.91. The van der Waals surface area contributed by atoms with Crippen molar-refractivity contribution >= 4 is 17.0 Å². The first-order chi connectivity index (χ1) is 11.6. The number of likely N-dealkylation sites (tertiary alicyclic amines) is 1. The zero-order chi connectivity index (χ0) is 16.9. The predicted molar refractivity (Wildman–Crippen MR) is 92.5 cm³/mol. The van der Waals surface area contributed by atoms with Gasteiger partial charge in [-0.2, -0.15) is 11.3 Å². The number of nitro groups is 1. The molecule has 0 amide bonds. The molecule has 1 aromatic heterocycles. The summed E-state index contributed by atoms with van der Waals surface area (Å²) in [6.07, 6.45) is 1.59. The number of rotatable bonds is 7. The van der Waals surface area contributed by atoms with Crippen molar-refractivity contribution in [1.29, 1.82) is 0 Å². The van der Waals surface area contributed by atoms with Crippen molar-refractivity contribution in [3.05, 3.63) is 56.8 Å². The van der Waals surface area contributed by atoms with Crippen LogP contribution in [0.1, 0.15) is 24.4 Å². The molecule has 1 fully saturated rings. The van der Waals surface area contributed by atoms with E-state index in [1.165, 1.54) is 17.7 Å². The smallest absolute Gasteiger partial charge is 0.273 e. The number of hydrogen-bond acceptors (Lipinski definition) is 6. The van der Waals surface area contributed by atoms with Crippen LogP contribution in [0.2, 0.25) is 0 Å². The maximum Gasteiger partial charge on any atom is 0.273 e. The summed E-state index contributed by atoms with van der Waals surface area (Å²) in [5, 5.41) is 25.3. The molecule has 0 unspecified atom stereocenters. The molecule has 7 heteroatoms. The molecule has 0 aliphatic carbocycles. The molecule has 2 heterocycles. The Kier molecular flexibility index (Phi) is 5.44. The summed E-state index contributed by atoms with van der Waals surface area (Å²) in [6.45, 7) is 1.62. The first-order valence-electron chi connectivity index (χ1n) is 7.95. The molecule has 2 aromatic rings. The van der Waals surface area contributed by atoms with Crippen molar-refractivity contribution in [2.24, 2.45) is 0 Å². The molecule has 1 N–H and O–H groups in total. The van der Waals surface area contributed by atoms with Gasteiger partial charge in [0.05, 0.1) is 11.0 Å². The fourth-order valence-corrected chi connectivity index (χ4v) is 3.80. The lowest BCUT2D eigenvalue weighted by Gasteiger charge is -2.26. The minimum absolute atomic E-state index is 0.0148. The lowest BCUT2D eigenvalue weighted by Crippen LogP contribution is -2.35. The van der Waals surface area contributed by atoms with E-state index < -0.39 is 11.0 Å². The van der Waals surface area contributed by atoms with Gasteiger partial charge in [-0.15, -0.1) is 0 Å². The first-order valence-corrected chi connectivity index (χ1v) is 8.89. The molecule has 3 rings (SSSR count). The molecule has 1 aromatic carbocycles. The van der Waals surface area contributed by atoms with E-state index in [0.717, 1.165) is 19.4 Å². The molecule has 2 atom stereocenters. The van der Waals surface area contributed by atoms with Crippen LogP contribution in [-0.4, -0.2) is 40.7 Å². The van der Waals surface area contributed by atoms with E-state index in [2.05, 4.69) is 21.7 Å². The number of thiophene rings is 1. The maximum atomic E-state index is 10.8. The van der Waals surface area contributed by atoms with E-state index in [0.29, 0.717) is 18.3 Å². The van der Waals surface area contributed by atoms with Crippen molar-refractivity contribution in [3.8, 4) is 5.75 Å². The van der Waals surface area contributed by atoms with E-state index in [1.807, 2.05) is 0 Å². The number of nitrogens with zero attached hydrogens (tertiary/aromatic N) is 2. The van der Waals surface area contributed by atoms with Crippen molar-refractivity contribution in [3.63, 3.8) is 0 Å². The molecule has 0 bridgehead atoms. The number of aliphatic hydroxyl groups excluding tert-OH is 1. The molecular formula is C17H20N2O4S. The summed E-state index contributed by atoms with van der Waals surface area (Å²) in [7, 11) is 0. The molecule has 0 saturated carbocycles. The van der Waals surface area contributed by atoms with E-state index in [9.17, 15) is 15.2 Å². The number of non-ortho nitro benzene ring substituents is 1. The zero-order valence-electron chi connectivity index (χ0n) is 13.2. The summed E-state index contributed by atoms with van der Waals surface area (Å²) in [6, 6.07) is 8.52. The number of β-amino-alcohol motifs (C(OH)–C–C–N with tert-alkyl or cyclic N) is 1. The highest BCUT2D eigenvalue weighted by molar-refractivity contribution is 7.07. The van der Waals surface area contributed by atoms with Crippen molar-refractivity contribution in [2.75, 3.05) is 19.7 Å². The van der Waals surface area contributed by atoms with Gasteiger partial charge in [-0.25, -0.2) is 0 Å². The number of nitro benzene ring substituents is 1. The molecule has 128 valence electrons. The molecule has 24 heavy (non-hydrogen) atoms. The zero-order valence-corrected chi connectivity index (χ0v) is 14.0. The Bertz CT molecular complexity index is 677. The van der Waals surface area contributed by atoms with E-state index in [-0.39, 0.29) is 12.3 Å². The van der Waals surface area contributed by atoms with Crippen LogP contribution in [0.3, 0.4) is 0 Å². The average molecular weight is 348 g/mol. The Hall–Kier alpha value is -1.96. The molecule has 0 radical (unpaired) electrons. The van der Waals surface area contributed by atoms with Crippen LogP contribution in [0.25, 0.3) is 0 Å². The molecule has 0 spiro atoms. The Morgan fingerprint density at radius 2 is 2.33 bits per heavy atom. The maximum absolute atomic E-state index is 10.8. The summed E-state index contributed by atoms with van der Waals surface area (Å²) in [4.78, 5) is 12.6. The Morgan fingerprint density at radius 3 is 3.08 bits per heavy atom. The Morgan fingerprint density at radius 1 is 1.46 bits per heavy atom. The first kappa shape index (κ1) is 16.9. The van der Waals surface area contributed by atoms with Gasteiger partial charge in [0.1, 0.15) is 18.5 Å². The van der Waals surface area contributed by atoms with Gasteiger partial charge >= 0.3 is 0 Å². The fourth-order valence-electron chi connectivity index (χ4n) is 3.09. The fraction of sp³-hybridized carbons (Fsp3) is 0.412. The molecule has 6 nitrogen and oxygen atoms in total. The lowest BCUT2D eigenvalue weighted by atomic mass is 10.1. The Labute approximate surface area is 144 Å². The number of benzene rings is 1. The standard InChI is InChI=1S/C17H20N2O4S/c20-15(11-23-16-4-1-3-14(9-16)19(21)22)10-18-7-2-5-17(18)13-6-8-24-12-13/h1,3-4,6,8-9,12,15,17,20H,2,5,7,10-11H2/t15-,17+/m0/s1. The van der Waals surface area contributed by atoms with E-state index in [1.54, 1.807) is 23.5 Å². The highest BCUT2D eigenvalue weighted by atomic mass is 32.1. The van der Waals surface area contributed by atoms with Crippen molar-refractivity contribution in [2.45, 2.75) is 25.0 Å². The minimum Gasteiger partial charge on any atom is -0.491 e. The molecule has 1 aliphatic heterocycles. The number of aliphatic hydroxyl groups is 1. The van der Waals surface area contributed by atoms with Gasteiger partial charge in [-0.1, -0.05) is 6.07 Å². The van der Waals surface area contributed by atoms with Crippen LogP contribution < -0.4 is 4.74 Å². The second kappa shape index (κ2) is 7.74. The third-order valence-electron chi connectivity index (χ3n) is 4.21. The van der Waals surface area contributed by atoms with Gasteiger partial charge < -0.3 is 9.84 Å². The highest BCUT2D eigenvalue weighted by Crippen LogP contribution is 2.33. The average Bonchev–Trinajstić information content (AvgIpc) is 3.24. The summed E-state index contributed by atoms with van der Waals surface area (Å²) >= 11 is 1.69. The summed E-state index contributed by atoms with van der Waals surface area (Å²) in [5.41, 5.74) is 1.29. The minimum atomic E-state index is -0.636. The lowest BCUT2D eigenvalue weighted by molar-refractivity contribution is -0.384. The topological polar surface area (TPSA) is 75.8 Å². The predicted octanol–water partition coefficient (Wildman–Crippen LogP) is 3.23. The molecule has 1 saturated heterocycles. The van der Waals surface area contributed by atoms with E-state index in [4.69, 9.17) is 4.74 Å². The second-order valence-corrected chi connectivity index (χ2v) is 6.71. The van der Waals surface area contributed by atoms with Gasteiger partial charge in [-0.05, 0) is 47.8 Å². The van der Waals surface area contributed by atoms with Gasteiger partial charge in [0.2, 0.25) is 0 Å². The van der Waals surface area contributed by atoms with Gasteiger partial charge in [0.15, 0.2) is 0 Å². The number of hydrogen-bond donors (Lipinski definition) is 1. The van der Waals surface area contributed by atoms with Gasteiger partial charge in [0.25, 0.3) is 5.69 Å². The second-order valence-electron chi connectivity index (χ2n) is 5.93. The largest absolute Gasteiger partial charge is 0.491 e. The Balaban J connectivity index is 1.53. The van der Waals surface area contributed by atoms with Crippen LogP contribution in [0, 0.1) is 10.1 Å². The number of ether oxygens (including phenoxy) is 1. The quantitative estimate of drug-likeness (QED) is 0.614. The highest BCUT2D eigenvalue weighted by Gasteiger charge is 2.27. The normalized spacial score (nSPS) is 19.3. The summed E-state index contributed by atoms with van der Waals surface area (Å²) in [5.74, 6) is 0.402. The SMILES string of the molecule is O=[N+]([O-])c1cccc(OC[C@@H](O)CN2CCC[C@@H]2c2ccsc2)c1. The molecule has 1 aliphatic rings. The van der Waals surface area contributed by atoms with Crippen LogP contribution in [0.5, 0.6) is 5.75 Å². The summed E-state index contributed by atoms with van der Waals surface area (Å²) < 4.78 is 5.52. The van der Waals surface area contributed by atoms with Gasteiger partial charge in [0, 0.05) is 18.7 Å². The third kappa shape index (κ3) is 4.11. The molecular weight excluding hydrogens is 328 g/mol.